The lowest BCUT2D eigenvalue weighted by atomic mass is 10.2. The first-order valence-electron chi connectivity index (χ1n) is 5.33. The van der Waals surface area contributed by atoms with Crippen LogP contribution in [0.3, 0.4) is 0 Å². The Kier molecular flexibility index (Phi) is 2.97. The molecular formula is C11H16N4. The fourth-order valence-corrected chi connectivity index (χ4v) is 1.75. The zero-order valence-corrected chi connectivity index (χ0v) is 8.93. The third-order valence-corrected chi connectivity index (χ3v) is 2.62. The van der Waals surface area contributed by atoms with E-state index < -0.39 is 0 Å². The monoisotopic (exact) mass is 204 g/mol. The highest BCUT2D eigenvalue weighted by atomic mass is 15.4. The van der Waals surface area contributed by atoms with Gasteiger partial charge in [-0.05, 0) is 38.4 Å². The zero-order valence-electron chi connectivity index (χ0n) is 8.93. The van der Waals surface area contributed by atoms with E-state index in [9.17, 15) is 0 Å². The van der Waals surface area contributed by atoms with Crippen LogP contribution in [0.2, 0.25) is 0 Å². The van der Waals surface area contributed by atoms with Gasteiger partial charge in [0.15, 0.2) is 0 Å². The van der Waals surface area contributed by atoms with Crippen LogP contribution in [0.1, 0.15) is 25.8 Å². The quantitative estimate of drug-likeness (QED) is 0.825. The van der Waals surface area contributed by atoms with Gasteiger partial charge in [-0.2, -0.15) is 0 Å². The summed E-state index contributed by atoms with van der Waals surface area (Å²) in [5.74, 6) is 0. The number of hydrogen-bond donors (Lipinski definition) is 1. The maximum Gasteiger partial charge on any atom is 0.113 e. The van der Waals surface area contributed by atoms with Crippen LogP contribution in [0.4, 0.5) is 0 Å². The molecule has 0 spiro atoms. The van der Waals surface area contributed by atoms with Crippen LogP contribution in [0.25, 0.3) is 11.0 Å². The standard InChI is InChI=1S/C11H16N4/c1-9(5-4-8-12)15-11-7-3-2-6-10(11)13-14-15/h2-3,6-7,9H,4-5,8,12H2,1H3. The van der Waals surface area contributed by atoms with E-state index in [4.69, 9.17) is 5.73 Å². The topological polar surface area (TPSA) is 56.7 Å². The van der Waals surface area contributed by atoms with Crippen molar-refractivity contribution in [2.24, 2.45) is 5.73 Å². The fourth-order valence-electron chi connectivity index (χ4n) is 1.75. The van der Waals surface area contributed by atoms with Crippen molar-refractivity contribution in [2.45, 2.75) is 25.8 Å². The smallest absolute Gasteiger partial charge is 0.113 e. The number of fused-ring (bicyclic) bond motifs is 1. The second-order valence-corrected chi connectivity index (χ2v) is 3.80. The Morgan fingerprint density at radius 2 is 2.20 bits per heavy atom. The van der Waals surface area contributed by atoms with Gasteiger partial charge in [0.1, 0.15) is 5.52 Å². The molecule has 4 nitrogen and oxygen atoms in total. The summed E-state index contributed by atoms with van der Waals surface area (Å²) < 4.78 is 1.98. The summed E-state index contributed by atoms with van der Waals surface area (Å²) in [7, 11) is 0. The summed E-state index contributed by atoms with van der Waals surface area (Å²) in [4.78, 5) is 0. The summed E-state index contributed by atoms with van der Waals surface area (Å²) in [6.45, 7) is 2.88. The average molecular weight is 204 g/mol. The minimum absolute atomic E-state index is 0.362. The molecule has 0 aliphatic heterocycles. The molecule has 1 atom stereocenters. The number of nitrogens with two attached hydrogens (primary N) is 1. The molecule has 2 rings (SSSR count). The van der Waals surface area contributed by atoms with Gasteiger partial charge in [-0.25, -0.2) is 4.68 Å². The number of rotatable bonds is 4. The van der Waals surface area contributed by atoms with Crippen LogP contribution in [0.15, 0.2) is 24.3 Å². The number of hydrogen-bond acceptors (Lipinski definition) is 3. The van der Waals surface area contributed by atoms with Crippen LogP contribution in [0, 0.1) is 0 Å². The van der Waals surface area contributed by atoms with Crippen molar-refractivity contribution < 1.29 is 0 Å². The minimum Gasteiger partial charge on any atom is -0.330 e. The number of benzene rings is 1. The number of aromatic nitrogens is 3. The third-order valence-electron chi connectivity index (χ3n) is 2.62. The summed E-state index contributed by atoms with van der Waals surface area (Å²) in [5.41, 5.74) is 7.55. The Hall–Kier alpha value is -1.42. The molecule has 1 heterocycles. The van der Waals surface area contributed by atoms with E-state index in [0.29, 0.717) is 6.04 Å². The first kappa shape index (κ1) is 10.1. The Morgan fingerprint density at radius 1 is 1.40 bits per heavy atom. The van der Waals surface area contributed by atoms with E-state index in [1.165, 1.54) is 0 Å². The van der Waals surface area contributed by atoms with Crippen LogP contribution in [-0.2, 0) is 0 Å². The van der Waals surface area contributed by atoms with E-state index in [-0.39, 0.29) is 0 Å². The normalized spacial score (nSPS) is 13.2. The molecule has 2 N–H and O–H groups in total. The molecule has 1 aromatic heterocycles. The van der Waals surface area contributed by atoms with E-state index in [1.807, 2.05) is 28.9 Å². The zero-order chi connectivity index (χ0) is 10.7. The third kappa shape index (κ3) is 1.99. The van der Waals surface area contributed by atoms with Gasteiger partial charge in [-0.3, -0.25) is 0 Å². The van der Waals surface area contributed by atoms with Crippen LogP contribution < -0.4 is 5.73 Å². The van der Waals surface area contributed by atoms with Gasteiger partial charge < -0.3 is 5.73 Å². The lowest BCUT2D eigenvalue weighted by Crippen LogP contribution is -2.09. The van der Waals surface area contributed by atoms with Gasteiger partial charge >= 0.3 is 0 Å². The molecule has 1 unspecified atom stereocenters. The van der Waals surface area contributed by atoms with Crippen molar-refractivity contribution in [3.8, 4) is 0 Å². The van der Waals surface area contributed by atoms with Gasteiger partial charge in [-0.1, -0.05) is 17.3 Å². The molecule has 1 aromatic carbocycles. The van der Waals surface area contributed by atoms with Gasteiger partial charge in [0.05, 0.1) is 11.6 Å². The van der Waals surface area contributed by atoms with Crippen LogP contribution >= 0.6 is 0 Å². The van der Waals surface area contributed by atoms with Crippen molar-refractivity contribution in [3.05, 3.63) is 24.3 Å². The predicted molar refractivity (Wildman–Crippen MR) is 60.5 cm³/mol. The molecule has 0 saturated carbocycles. The van der Waals surface area contributed by atoms with E-state index in [0.717, 1.165) is 30.4 Å². The summed E-state index contributed by atoms with van der Waals surface area (Å²) in [6.07, 6.45) is 2.07. The Bertz CT molecular complexity index is 435. The highest BCUT2D eigenvalue weighted by Crippen LogP contribution is 2.18. The van der Waals surface area contributed by atoms with Gasteiger partial charge in [0.25, 0.3) is 0 Å². The molecule has 0 aliphatic rings. The second-order valence-electron chi connectivity index (χ2n) is 3.80. The molecule has 0 fully saturated rings. The van der Waals surface area contributed by atoms with Gasteiger partial charge in [0, 0.05) is 0 Å². The highest BCUT2D eigenvalue weighted by molar-refractivity contribution is 5.73. The molecule has 0 saturated heterocycles. The molecular weight excluding hydrogens is 188 g/mol. The van der Waals surface area contributed by atoms with Crippen LogP contribution in [-0.4, -0.2) is 21.5 Å². The molecule has 4 heteroatoms. The Labute approximate surface area is 89.1 Å². The fraction of sp³-hybridized carbons (Fsp3) is 0.455. The molecule has 0 amide bonds. The number of para-hydroxylation sites is 1. The lowest BCUT2D eigenvalue weighted by molar-refractivity contribution is 0.450. The molecule has 80 valence electrons. The summed E-state index contributed by atoms with van der Waals surface area (Å²) in [5, 5.41) is 8.30. The predicted octanol–water partition coefficient (Wildman–Crippen LogP) is 1.73. The van der Waals surface area contributed by atoms with Crippen molar-refractivity contribution in [2.75, 3.05) is 6.54 Å². The van der Waals surface area contributed by atoms with Crippen molar-refractivity contribution >= 4 is 11.0 Å². The second kappa shape index (κ2) is 4.40. The van der Waals surface area contributed by atoms with E-state index in [2.05, 4.69) is 17.2 Å². The van der Waals surface area contributed by atoms with Crippen molar-refractivity contribution in [3.63, 3.8) is 0 Å². The molecule has 0 aliphatic carbocycles. The van der Waals surface area contributed by atoms with Crippen molar-refractivity contribution in [1.82, 2.24) is 15.0 Å². The first-order valence-corrected chi connectivity index (χ1v) is 5.33. The van der Waals surface area contributed by atoms with Gasteiger partial charge in [-0.15, -0.1) is 5.10 Å². The highest BCUT2D eigenvalue weighted by Gasteiger charge is 2.09. The minimum atomic E-state index is 0.362. The molecule has 0 radical (unpaired) electrons. The molecule has 2 aromatic rings. The Morgan fingerprint density at radius 3 is 3.00 bits per heavy atom. The molecule has 0 bridgehead atoms. The lowest BCUT2D eigenvalue weighted by Gasteiger charge is -2.11. The van der Waals surface area contributed by atoms with Gasteiger partial charge in [0.2, 0.25) is 0 Å². The first-order chi connectivity index (χ1) is 7.33. The van der Waals surface area contributed by atoms with Crippen LogP contribution in [0.5, 0.6) is 0 Å². The maximum atomic E-state index is 5.50. The molecule has 15 heavy (non-hydrogen) atoms. The van der Waals surface area contributed by atoms with E-state index >= 15 is 0 Å². The largest absolute Gasteiger partial charge is 0.330 e. The number of nitrogens with zero attached hydrogens (tertiary/aromatic N) is 3. The summed E-state index contributed by atoms with van der Waals surface area (Å²) in [6, 6.07) is 8.38. The SMILES string of the molecule is CC(CCCN)n1nnc2ccccc21. The van der Waals surface area contributed by atoms with Crippen molar-refractivity contribution in [1.29, 1.82) is 0 Å². The maximum absolute atomic E-state index is 5.50. The Balaban J connectivity index is 2.27. The summed E-state index contributed by atoms with van der Waals surface area (Å²) >= 11 is 0. The average Bonchev–Trinajstić information content (AvgIpc) is 2.69. The van der Waals surface area contributed by atoms with E-state index in [1.54, 1.807) is 0 Å².